The quantitative estimate of drug-likeness (QED) is 0.458. The summed E-state index contributed by atoms with van der Waals surface area (Å²) in [4.78, 5) is 11.2. The van der Waals surface area contributed by atoms with Crippen LogP contribution in [-0.4, -0.2) is 25.0 Å². The van der Waals surface area contributed by atoms with Crippen LogP contribution in [-0.2, 0) is 20.8 Å². The van der Waals surface area contributed by atoms with E-state index in [1.165, 1.54) is 0 Å². The number of carbonyl (C=O) groups is 1. The Kier molecular flexibility index (Phi) is 6.11. The van der Waals surface area contributed by atoms with E-state index in [-0.39, 0.29) is 6.61 Å². The van der Waals surface area contributed by atoms with Gasteiger partial charge in [0.2, 0.25) is 6.10 Å². The average molecular weight is 288 g/mol. The van der Waals surface area contributed by atoms with Gasteiger partial charge in [-0.2, -0.15) is 0 Å². The fourth-order valence-electron chi connectivity index (χ4n) is 1.94. The summed E-state index contributed by atoms with van der Waals surface area (Å²) >= 11 is 0. The van der Waals surface area contributed by atoms with Gasteiger partial charge in [0.1, 0.15) is 0 Å². The van der Waals surface area contributed by atoms with Crippen LogP contribution in [0.2, 0.25) is 0 Å². The first kappa shape index (κ1) is 15.4. The fraction of sp³-hybridized carbons (Fsp3) is 0.471. The Hall–Kier alpha value is -1.99. The molecule has 2 atom stereocenters. The van der Waals surface area contributed by atoms with Gasteiger partial charge >= 0.3 is 6.16 Å². The lowest BCUT2D eigenvalue weighted by molar-refractivity contribution is 0.0316. The highest BCUT2D eigenvalue weighted by molar-refractivity contribution is 5.63. The maximum atomic E-state index is 11.2. The van der Waals surface area contributed by atoms with Gasteiger partial charge in [-0.1, -0.05) is 55.5 Å². The summed E-state index contributed by atoms with van der Waals surface area (Å²) in [7, 11) is 0. The maximum Gasteiger partial charge on any atom is 0.510 e. The summed E-state index contributed by atoms with van der Waals surface area (Å²) in [5.74, 6) is 5.97. The van der Waals surface area contributed by atoms with Gasteiger partial charge in [-0.05, 0) is 12.0 Å². The topological polar surface area (TPSA) is 44.8 Å². The molecule has 0 aliphatic carbocycles. The van der Waals surface area contributed by atoms with Gasteiger partial charge in [0.15, 0.2) is 6.10 Å². The van der Waals surface area contributed by atoms with Crippen molar-refractivity contribution in [2.75, 3.05) is 6.61 Å². The Labute approximate surface area is 125 Å². The molecule has 0 radical (unpaired) electrons. The standard InChI is InChI=1S/C17H20O4/c1-2-3-4-8-11-15-16(21-17(18)20-15)13-19-12-14-9-6-5-7-10-14/h5-7,9-10,15-16H,2-4,12-13H2,1H3/t15-,16-/m0/s1. The van der Waals surface area contributed by atoms with Crippen LogP contribution >= 0.6 is 0 Å². The Bertz CT molecular complexity index is 501. The van der Waals surface area contributed by atoms with Gasteiger partial charge < -0.3 is 14.2 Å². The highest BCUT2D eigenvalue weighted by Crippen LogP contribution is 2.16. The zero-order valence-corrected chi connectivity index (χ0v) is 12.2. The van der Waals surface area contributed by atoms with Crippen LogP contribution in [0.3, 0.4) is 0 Å². The summed E-state index contributed by atoms with van der Waals surface area (Å²) in [5, 5.41) is 0. The van der Waals surface area contributed by atoms with Crippen LogP contribution in [0.25, 0.3) is 0 Å². The molecule has 0 N–H and O–H groups in total. The third-order valence-corrected chi connectivity index (χ3v) is 3.10. The Morgan fingerprint density at radius 3 is 2.81 bits per heavy atom. The SMILES string of the molecule is CCCCC#C[C@@H]1OC(=O)O[C@H]1COCc1ccccc1. The van der Waals surface area contributed by atoms with Crippen molar-refractivity contribution in [3.05, 3.63) is 35.9 Å². The van der Waals surface area contributed by atoms with Crippen molar-refractivity contribution in [3.63, 3.8) is 0 Å². The predicted molar refractivity (Wildman–Crippen MR) is 78.5 cm³/mol. The minimum absolute atomic E-state index is 0.285. The second kappa shape index (κ2) is 8.33. The van der Waals surface area contributed by atoms with Gasteiger partial charge in [0, 0.05) is 6.42 Å². The van der Waals surface area contributed by atoms with Crippen molar-refractivity contribution in [1.29, 1.82) is 0 Å². The van der Waals surface area contributed by atoms with E-state index in [9.17, 15) is 4.79 Å². The molecule has 1 fully saturated rings. The lowest BCUT2D eigenvalue weighted by Gasteiger charge is -2.11. The summed E-state index contributed by atoms with van der Waals surface area (Å²) in [5.41, 5.74) is 1.08. The van der Waals surface area contributed by atoms with Gasteiger partial charge in [-0.15, -0.1) is 0 Å². The van der Waals surface area contributed by atoms with E-state index in [0.29, 0.717) is 6.61 Å². The van der Waals surface area contributed by atoms with E-state index >= 15 is 0 Å². The van der Waals surface area contributed by atoms with Crippen LogP contribution in [0.1, 0.15) is 31.7 Å². The maximum absolute atomic E-state index is 11.2. The number of carbonyl (C=O) groups excluding carboxylic acids is 1. The number of cyclic esters (lactones) is 2. The highest BCUT2D eigenvalue weighted by Gasteiger charge is 2.35. The van der Waals surface area contributed by atoms with Crippen LogP contribution in [0.5, 0.6) is 0 Å². The molecule has 0 bridgehead atoms. The first-order chi connectivity index (χ1) is 10.3. The molecule has 1 heterocycles. The van der Waals surface area contributed by atoms with Gasteiger partial charge in [-0.25, -0.2) is 4.79 Å². The van der Waals surface area contributed by atoms with Gasteiger partial charge in [0.25, 0.3) is 0 Å². The molecule has 0 amide bonds. The molecule has 1 aromatic rings. The smallest absolute Gasteiger partial charge is 0.423 e. The zero-order chi connectivity index (χ0) is 14.9. The number of benzene rings is 1. The van der Waals surface area contributed by atoms with Gasteiger partial charge in [-0.3, -0.25) is 0 Å². The first-order valence-electron chi connectivity index (χ1n) is 7.27. The van der Waals surface area contributed by atoms with Crippen molar-refractivity contribution in [3.8, 4) is 11.8 Å². The summed E-state index contributed by atoms with van der Waals surface area (Å²) < 4.78 is 15.7. The van der Waals surface area contributed by atoms with Crippen LogP contribution in [0.4, 0.5) is 4.79 Å². The fourth-order valence-corrected chi connectivity index (χ4v) is 1.94. The lowest BCUT2D eigenvalue weighted by Crippen LogP contribution is -2.26. The van der Waals surface area contributed by atoms with Crippen LogP contribution in [0, 0.1) is 11.8 Å². The molecule has 21 heavy (non-hydrogen) atoms. The lowest BCUT2D eigenvalue weighted by atomic mass is 10.2. The monoisotopic (exact) mass is 288 g/mol. The Balaban J connectivity index is 1.79. The number of hydrogen-bond acceptors (Lipinski definition) is 4. The van der Waals surface area contributed by atoms with Crippen molar-refractivity contribution in [2.24, 2.45) is 0 Å². The Morgan fingerprint density at radius 2 is 2.05 bits per heavy atom. The second-order valence-corrected chi connectivity index (χ2v) is 4.87. The molecular weight excluding hydrogens is 268 g/mol. The molecule has 1 aliphatic rings. The number of unbranched alkanes of at least 4 members (excludes halogenated alkanes) is 2. The van der Waals surface area contributed by atoms with E-state index in [2.05, 4.69) is 18.8 Å². The van der Waals surface area contributed by atoms with Crippen LogP contribution in [0.15, 0.2) is 30.3 Å². The average Bonchev–Trinajstić information content (AvgIpc) is 2.85. The summed E-state index contributed by atoms with van der Waals surface area (Å²) in [6.45, 7) is 2.87. The first-order valence-corrected chi connectivity index (χ1v) is 7.27. The van der Waals surface area contributed by atoms with Crippen molar-refractivity contribution in [2.45, 2.75) is 45.0 Å². The minimum atomic E-state index is -0.668. The largest absolute Gasteiger partial charge is 0.510 e. The normalized spacial score (nSPS) is 20.3. The summed E-state index contributed by atoms with van der Waals surface area (Å²) in [6.07, 6.45) is 1.31. The van der Waals surface area contributed by atoms with Crippen molar-refractivity contribution < 1.29 is 19.0 Å². The van der Waals surface area contributed by atoms with Crippen molar-refractivity contribution >= 4 is 6.16 Å². The molecule has 0 unspecified atom stereocenters. The highest BCUT2D eigenvalue weighted by atomic mass is 16.8. The van der Waals surface area contributed by atoms with E-state index in [0.717, 1.165) is 24.8 Å². The summed E-state index contributed by atoms with van der Waals surface area (Å²) in [6, 6.07) is 9.84. The zero-order valence-electron chi connectivity index (χ0n) is 12.2. The molecule has 2 rings (SSSR count). The molecule has 4 nitrogen and oxygen atoms in total. The van der Waals surface area contributed by atoms with E-state index < -0.39 is 18.4 Å². The predicted octanol–water partition coefficient (Wildman–Crippen LogP) is 3.30. The number of ether oxygens (including phenoxy) is 3. The third kappa shape index (κ3) is 5.13. The van der Waals surface area contributed by atoms with Crippen LogP contribution < -0.4 is 0 Å². The molecule has 1 saturated heterocycles. The van der Waals surface area contributed by atoms with Gasteiger partial charge in [0.05, 0.1) is 13.2 Å². The molecule has 4 heteroatoms. The van der Waals surface area contributed by atoms with Crippen molar-refractivity contribution in [1.82, 2.24) is 0 Å². The number of rotatable bonds is 6. The van der Waals surface area contributed by atoms with E-state index in [4.69, 9.17) is 14.2 Å². The molecule has 0 spiro atoms. The Morgan fingerprint density at radius 1 is 1.24 bits per heavy atom. The second-order valence-electron chi connectivity index (χ2n) is 4.87. The number of hydrogen-bond donors (Lipinski definition) is 0. The minimum Gasteiger partial charge on any atom is -0.423 e. The molecule has 1 aromatic carbocycles. The van der Waals surface area contributed by atoms with E-state index in [1.54, 1.807) is 0 Å². The molecule has 0 aromatic heterocycles. The molecule has 1 aliphatic heterocycles. The molecular formula is C17H20O4. The van der Waals surface area contributed by atoms with E-state index in [1.807, 2.05) is 30.3 Å². The molecule has 112 valence electrons. The molecule has 0 saturated carbocycles. The third-order valence-electron chi connectivity index (χ3n) is 3.10.